The molecule has 16 heavy (non-hydrogen) atoms. The minimum Gasteiger partial charge on any atom is -0.403 e. The standard InChI is InChI=1S/C9H9F4NO.ClH/c1-14-5-6-2-3-8(7(10)4-6)15-9(11,12)13;/h2-4,14H,5H2,1H3;1H. The number of hydrogen-bond acceptors (Lipinski definition) is 2. The van der Waals surface area contributed by atoms with E-state index in [0.29, 0.717) is 12.1 Å². The quantitative estimate of drug-likeness (QED) is 0.843. The summed E-state index contributed by atoms with van der Waals surface area (Å²) in [7, 11) is 1.65. The van der Waals surface area contributed by atoms with E-state index in [-0.39, 0.29) is 12.4 Å². The molecule has 1 rings (SSSR count). The predicted molar refractivity (Wildman–Crippen MR) is 53.1 cm³/mol. The second-order valence-corrected chi connectivity index (χ2v) is 2.84. The molecule has 0 atom stereocenters. The lowest BCUT2D eigenvalue weighted by molar-refractivity contribution is -0.275. The van der Waals surface area contributed by atoms with Crippen LogP contribution in [0.2, 0.25) is 0 Å². The predicted octanol–water partition coefficient (Wildman–Crippen LogP) is 2.87. The van der Waals surface area contributed by atoms with Crippen LogP contribution < -0.4 is 10.1 Å². The van der Waals surface area contributed by atoms with Crippen LogP contribution in [-0.2, 0) is 6.54 Å². The summed E-state index contributed by atoms with van der Waals surface area (Å²) >= 11 is 0. The Morgan fingerprint density at radius 1 is 1.31 bits per heavy atom. The number of alkyl halides is 3. The number of halogens is 5. The fourth-order valence-electron chi connectivity index (χ4n) is 1.07. The Morgan fingerprint density at radius 3 is 2.38 bits per heavy atom. The summed E-state index contributed by atoms with van der Waals surface area (Å²) in [5.41, 5.74) is 0.546. The molecule has 0 aliphatic rings. The smallest absolute Gasteiger partial charge is 0.403 e. The van der Waals surface area contributed by atoms with Crippen LogP contribution in [0.25, 0.3) is 0 Å². The molecule has 92 valence electrons. The topological polar surface area (TPSA) is 21.3 Å². The average molecular weight is 260 g/mol. The van der Waals surface area contributed by atoms with Gasteiger partial charge in [-0.25, -0.2) is 4.39 Å². The van der Waals surface area contributed by atoms with Crippen LogP contribution in [0.3, 0.4) is 0 Å². The molecule has 1 N–H and O–H groups in total. The highest BCUT2D eigenvalue weighted by Gasteiger charge is 2.32. The first-order valence-electron chi connectivity index (χ1n) is 4.11. The highest BCUT2D eigenvalue weighted by atomic mass is 35.5. The molecule has 7 heteroatoms. The van der Waals surface area contributed by atoms with Gasteiger partial charge in [0.1, 0.15) is 0 Å². The van der Waals surface area contributed by atoms with E-state index >= 15 is 0 Å². The molecule has 0 heterocycles. The van der Waals surface area contributed by atoms with Crippen molar-refractivity contribution in [1.82, 2.24) is 5.32 Å². The Hall–Kier alpha value is -1.01. The summed E-state index contributed by atoms with van der Waals surface area (Å²) in [4.78, 5) is 0. The van der Waals surface area contributed by atoms with Gasteiger partial charge in [0, 0.05) is 6.54 Å². The number of hydrogen-bond donors (Lipinski definition) is 1. The molecule has 0 aromatic heterocycles. The first-order chi connectivity index (χ1) is 6.92. The van der Waals surface area contributed by atoms with Gasteiger partial charge in [0.25, 0.3) is 0 Å². The molecule has 0 unspecified atom stereocenters. The van der Waals surface area contributed by atoms with Crippen molar-refractivity contribution in [1.29, 1.82) is 0 Å². The molecule has 0 saturated carbocycles. The van der Waals surface area contributed by atoms with E-state index in [0.717, 1.165) is 12.1 Å². The minimum absolute atomic E-state index is 0. The van der Waals surface area contributed by atoms with Crippen LogP contribution in [-0.4, -0.2) is 13.4 Å². The Labute approximate surface area is 96.0 Å². The number of nitrogens with one attached hydrogen (secondary N) is 1. The van der Waals surface area contributed by atoms with E-state index in [9.17, 15) is 17.6 Å². The van der Waals surface area contributed by atoms with Gasteiger partial charge in [-0.3, -0.25) is 0 Å². The van der Waals surface area contributed by atoms with E-state index in [1.807, 2.05) is 0 Å². The van der Waals surface area contributed by atoms with Crippen molar-refractivity contribution in [3.05, 3.63) is 29.6 Å². The number of ether oxygens (including phenoxy) is 1. The van der Waals surface area contributed by atoms with Gasteiger partial charge in [-0.15, -0.1) is 25.6 Å². The third-order valence-corrected chi connectivity index (χ3v) is 1.60. The molecule has 0 bridgehead atoms. The van der Waals surface area contributed by atoms with Crippen molar-refractivity contribution in [2.75, 3.05) is 7.05 Å². The fraction of sp³-hybridized carbons (Fsp3) is 0.333. The molecule has 0 radical (unpaired) electrons. The largest absolute Gasteiger partial charge is 0.573 e. The maximum atomic E-state index is 13.1. The van der Waals surface area contributed by atoms with E-state index < -0.39 is 17.9 Å². The zero-order chi connectivity index (χ0) is 11.5. The molecular formula is C9H10ClF4NO. The molecule has 2 nitrogen and oxygen atoms in total. The van der Waals surface area contributed by atoms with Crippen LogP contribution in [0.1, 0.15) is 5.56 Å². The summed E-state index contributed by atoms with van der Waals surface area (Å²) in [6, 6.07) is 3.31. The van der Waals surface area contributed by atoms with Crippen LogP contribution in [0.15, 0.2) is 18.2 Å². The summed E-state index contributed by atoms with van der Waals surface area (Å²) in [5.74, 6) is -1.84. The van der Waals surface area contributed by atoms with Gasteiger partial charge in [0.2, 0.25) is 0 Å². The lowest BCUT2D eigenvalue weighted by atomic mass is 10.2. The average Bonchev–Trinajstić information content (AvgIpc) is 2.08. The third-order valence-electron chi connectivity index (χ3n) is 1.60. The molecular weight excluding hydrogens is 250 g/mol. The lowest BCUT2D eigenvalue weighted by Gasteiger charge is -2.10. The lowest BCUT2D eigenvalue weighted by Crippen LogP contribution is -2.18. The molecule has 1 aromatic rings. The van der Waals surface area contributed by atoms with Gasteiger partial charge in [-0.1, -0.05) is 6.07 Å². The SMILES string of the molecule is CNCc1ccc(OC(F)(F)F)c(F)c1.Cl. The zero-order valence-electron chi connectivity index (χ0n) is 8.27. The van der Waals surface area contributed by atoms with Gasteiger partial charge >= 0.3 is 6.36 Å². The summed E-state index contributed by atoms with van der Waals surface area (Å²) in [5, 5.41) is 2.75. The van der Waals surface area contributed by atoms with Crippen LogP contribution in [0.5, 0.6) is 5.75 Å². The first kappa shape index (κ1) is 15.0. The van der Waals surface area contributed by atoms with Gasteiger partial charge in [0.15, 0.2) is 11.6 Å². The van der Waals surface area contributed by atoms with E-state index in [4.69, 9.17) is 0 Å². The highest BCUT2D eigenvalue weighted by Crippen LogP contribution is 2.25. The number of rotatable bonds is 3. The number of benzene rings is 1. The summed E-state index contributed by atoms with van der Waals surface area (Å²) < 4.78 is 51.8. The van der Waals surface area contributed by atoms with Gasteiger partial charge in [-0.05, 0) is 24.7 Å². The van der Waals surface area contributed by atoms with Gasteiger partial charge in [-0.2, -0.15) is 0 Å². The van der Waals surface area contributed by atoms with Crippen molar-refractivity contribution in [2.24, 2.45) is 0 Å². The first-order valence-corrected chi connectivity index (χ1v) is 4.11. The van der Waals surface area contributed by atoms with E-state index in [1.165, 1.54) is 6.07 Å². The van der Waals surface area contributed by atoms with E-state index in [2.05, 4.69) is 10.1 Å². The van der Waals surface area contributed by atoms with Crippen molar-refractivity contribution in [3.8, 4) is 5.75 Å². The zero-order valence-corrected chi connectivity index (χ0v) is 9.08. The third kappa shape index (κ3) is 4.67. The maximum absolute atomic E-state index is 13.1. The summed E-state index contributed by atoms with van der Waals surface area (Å²) in [6.07, 6.45) is -4.87. The molecule has 0 fully saturated rings. The fourth-order valence-corrected chi connectivity index (χ4v) is 1.07. The molecule has 0 aliphatic carbocycles. The second-order valence-electron chi connectivity index (χ2n) is 2.84. The van der Waals surface area contributed by atoms with Crippen molar-refractivity contribution in [2.45, 2.75) is 12.9 Å². The molecule has 0 saturated heterocycles. The Morgan fingerprint density at radius 2 is 1.94 bits per heavy atom. The van der Waals surface area contributed by atoms with Crippen LogP contribution in [0.4, 0.5) is 17.6 Å². The molecule has 0 amide bonds. The van der Waals surface area contributed by atoms with E-state index in [1.54, 1.807) is 7.05 Å². The van der Waals surface area contributed by atoms with Crippen molar-refractivity contribution in [3.63, 3.8) is 0 Å². The molecule has 0 spiro atoms. The summed E-state index contributed by atoms with van der Waals surface area (Å²) in [6.45, 7) is 0.378. The Balaban J connectivity index is 0.00000225. The van der Waals surface area contributed by atoms with Gasteiger partial charge in [0.05, 0.1) is 0 Å². The van der Waals surface area contributed by atoms with Crippen LogP contribution in [0, 0.1) is 5.82 Å². The van der Waals surface area contributed by atoms with Crippen LogP contribution >= 0.6 is 12.4 Å². The second kappa shape index (κ2) is 5.91. The molecule has 0 aliphatic heterocycles. The minimum atomic E-state index is -4.87. The highest BCUT2D eigenvalue weighted by molar-refractivity contribution is 5.85. The monoisotopic (exact) mass is 259 g/mol. The normalized spacial score (nSPS) is 10.8. The Bertz CT molecular complexity index is 343. The van der Waals surface area contributed by atoms with Gasteiger partial charge < -0.3 is 10.1 Å². The van der Waals surface area contributed by atoms with Crippen molar-refractivity contribution < 1.29 is 22.3 Å². The maximum Gasteiger partial charge on any atom is 0.573 e. The van der Waals surface area contributed by atoms with Crippen molar-refractivity contribution >= 4 is 12.4 Å². The molecule has 1 aromatic carbocycles. The Kier molecular flexibility index (Phi) is 5.53.